The smallest absolute Gasteiger partial charge is 0.228 e. The van der Waals surface area contributed by atoms with Gasteiger partial charge in [0.2, 0.25) is 5.91 Å². The van der Waals surface area contributed by atoms with E-state index in [0.717, 1.165) is 11.1 Å². The van der Waals surface area contributed by atoms with Crippen LogP contribution in [0.2, 0.25) is 0 Å². The molecule has 1 aromatic heterocycles. The van der Waals surface area contributed by atoms with Crippen molar-refractivity contribution in [2.24, 2.45) is 0 Å². The van der Waals surface area contributed by atoms with Crippen LogP contribution in [0.25, 0.3) is 0 Å². The minimum atomic E-state index is -0.195. The van der Waals surface area contributed by atoms with E-state index in [1.807, 2.05) is 37.3 Å². The molecule has 3 aromatic rings. The summed E-state index contributed by atoms with van der Waals surface area (Å²) in [5, 5.41) is 6.01. The van der Waals surface area contributed by atoms with Crippen molar-refractivity contribution in [1.29, 1.82) is 0 Å². The Bertz CT molecular complexity index is 909. The Labute approximate surface area is 158 Å². The fourth-order valence-electron chi connectivity index (χ4n) is 2.79. The monoisotopic (exact) mass is 363 g/mol. The van der Waals surface area contributed by atoms with Gasteiger partial charge in [-0.2, -0.15) is 0 Å². The Kier molecular flexibility index (Phi) is 6.15. The lowest BCUT2D eigenvalue weighted by atomic mass is 10.1. The number of amides is 1. The van der Waals surface area contributed by atoms with E-state index in [2.05, 4.69) is 15.6 Å². The summed E-state index contributed by atoms with van der Waals surface area (Å²) in [6.45, 7) is 2.57. The van der Waals surface area contributed by atoms with Crippen molar-refractivity contribution in [3.8, 4) is 0 Å². The summed E-state index contributed by atoms with van der Waals surface area (Å²) in [6.07, 6.45) is 2.51. The van der Waals surface area contributed by atoms with Crippen LogP contribution in [-0.2, 0) is 17.6 Å². The van der Waals surface area contributed by atoms with Gasteiger partial charge in [0.05, 0.1) is 18.3 Å². The van der Waals surface area contributed by atoms with E-state index < -0.39 is 0 Å². The second kappa shape index (κ2) is 8.94. The number of aryl methyl sites for hydroxylation is 1. The number of benzene rings is 2. The van der Waals surface area contributed by atoms with E-state index in [-0.39, 0.29) is 11.7 Å². The molecule has 0 atom stereocenters. The number of carbonyl (C=O) groups excluding carboxylic acids is 1. The molecular formula is C22H22FN3O. The number of aromatic nitrogens is 1. The highest BCUT2D eigenvalue weighted by Gasteiger charge is 2.07. The molecule has 1 heterocycles. The van der Waals surface area contributed by atoms with Crippen LogP contribution in [0.4, 0.5) is 15.9 Å². The van der Waals surface area contributed by atoms with Gasteiger partial charge in [-0.1, -0.05) is 42.5 Å². The average molecular weight is 363 g/mol. The van der Waals surface area contributed by atoms with Gasteiger partial charge >= 0.3 is 0 Å². The predicted octanol–water partition coefficient (Wildman–Crippen LogP) is 4.36. The molecule has 0 radical (unpaired) electrons. The maximum Gasteiger partial charge on any atom is 0.228 e. The summed E-state index contributed by atoms with van der Waals surface area (Å²) in [7, 11) is 0. The molecule has 0 aliphatic heterocycles. The summed E-state index contributed by atoms with van der Waals surface area (Å²) in [4.78, 5) is 16.5. The molecule has 5 heteroatoms. The van der Waals surface area contributed by atoms with Crippen LogP contribution < -0.4 is 10.6 Å². The SMILES string of the molecule is Cc1ccccc1CC(=O)Nc1ccc(NCCc2ccccc2F)nc1. The highest BCUT2D eigenvalue weighted by molar-refractivity contribution is 5.92. The number of hydrogen-bond donors (Lipinski definition) is 2. The third-order valence-electron chi connectivity index (χ3n) is 4.32. The molecule has 27 heavy (non-hydrogen) atoms. The number of hydrogen-bond acceptors (Lipinski definition) is 3. The van der Waals surface area contributed by atoms with E-state index >= 15 is 0 Å². The molecule has 138 valence electrons. The summed E-state index contributed by atoms with van der Waals surface area (Å²) in [5.74, 6) is 0.411. The second-order valence-electron chi connectivity index (χ2n) is 6.35. The summed E-state index contributed by atoms with van der Waals surface area (Å²) < 4.78 is 13.6. The molecule has 0 bridgehead atoms. The van der Waals surface area contributed by atoms with E-state index in [1.165, 1.54) is 6.07 Å². The lowest BCUT2D eigenvalue weighted by Crippen LogP contribution is -2.15. The van der Waals surface area contributed by atoms with Crippen molar-refractivity contribution in [2.45, 2.75) is 19.8 Å². The first kappa shape index (κ1) is 18.6. The highest BCUT2D eigenvalue weighted by atomic mass is 19.1. The minimum Gasteiger partial charge on any atom is -0.370 e. The predicted molar refractivity (Wildman–Crippen MR) is 106 cm³/mol. The molecule has 1 amide bonds. The number of nitrogens with zero attached hydrogens (tertiary/aromatic N) is 1. The van der Waals surface area contributed by atoms with Crippen molar-refractivity contribution in [2.75, 3.05) is 17.2 Å². The molecule has 0 saturated heterocycles. The summed E-state index contributed by atoms with van der Waals surface area (Å²) in [6, 6.07) is 18.2. The number of pyridine rings is 1. The molecule has 0 saturated carbocycles. The van der Waals surface area contributed by atoms with Crippen molar-refractivity contribution in [1.82, 2.24) is 4.98 Å². The van der Waals surface area contributed by atoms with Crippen LogP contribution in [0.5, 0.6) is 0 Å². The molecule has 4 nitrogen and oxygen atoms in total. The Morgan fingerprint density at radius 2 is 1.74 bits per heavy atom. The van der Waals surface area contributed by atoms with Gasteiger partial charge in [0.25, 0.3) is 0 Å². The average Bonchev–Trinajstić information content (AvgIpc) is 2.66. The number of halogens is 1. The molecule has 0 aliphatic carbocycles. The highest BCUT2D eigenvalue weighted by Crippen LogP contribution is 2.13. The lowest BCUT2D eigenvalue weighted by Gasteiger charge is -2.09. The topological polar surface area (TPSA) is 54.0 Å². The molecule has 3 rings (SSSR count). The van der Waals surface area contributed by atoms with Crippen LogP contribution in [0.15, 0.2) is 66.9 Å². The van der Waals surface area contributed by atoms with Crippen molar-refractivity contribution in [3.05, 3.63) is 89.4 Å². The molecular weight excluding hydrogens is 341 g/mol. The molecule has 0 fully saturated rings. The normalized spacial score (nSPS) is 10.4. The first-order chi connectivity index (χ1) is 13.1. The summed E-state index contributed by atoms with van der Waals surface area (Å²) >= 11 is 0. The second-order valence-corrected chi connectivity index (χ2v) is 6.35. The van der Waals surface area contributed by atoms with Crippen LogP contribution in [0.3, 0.4) is 0 Å². The Morgan fingerprint density at radius 1 is 1.00 bits per heavy atom. The first-order valence-corrected chi connectivity index (χ1v) is 8.89. The van der Waals surface area contributed by atoms with E-state index in [9.17, 15) is 9.18 Å². The summed E-state index contributed by atoms with van der Waals surface area (Å²) in [5.41, 5.74) is 3.42. The third-order valence-corrected chi connectivity index (χ3v) is 4.32. The molecule has 2 aromatic carbocycles. The van der Waals surface area contributed by atoms with Crippen LogP contribution in [0, 0.1) is 12.7 Å². The van der Waals surface area contributed by atoms with Gasteiger partial charge in [-0.3, -0.25) is 4.79 Å². The third kappa shape index (κ3) is 5.38. The fraction of sp³-hybridized carbons (Fsp3) is 0.182. The minimum absolute atomic E-state index is 0.0774. The van der Waals surface area contributed by atoms with Crippen LogP contribution >= 0.6 is 0 Å². The van der Waals surface area contributed by atoms with Gasteiger partial charge in [0.15, 0.2) is 0 Å². The van der Waals surface area contributed by atoms with Gasteiger partial charge in [0, 0.05) is 6.54 Å². The standard InChI is InChI=1S/C22H22FN3O/c1-16-6-2-3-8-18(16)14-22(27)26-19-10-11-21(25-15-19)24-13-12-17-7-4-5-9-20(17)23/h2-11,15H,12-14H2,1H3,(H,24,25)(H,26,27). The number of carbonyl (C=O) groups is 1. The fourth-order valence-corrected chi connectivity index (χ4v) is 2.79. The molecule has 0 spiro atoms. The van der Waals surface area contributed by atoms with Crippen molar-refractivity contribution >= 4 is 17.4 Å². The van der Waals surface area contributed by atoms with Gasteiger partial charge in [-0.15, -0.1) is 0 Å². The zero-order valence-corrected chi connectivity index (χ0v) is 15.2. The number of anilines is 2. The Hall–Kier alpha value is -3.21. The first-order valence-electron chi connectivity index (χ1n) is 8.89. The Morgan fingerprint density at radius 3 is 2.44 bits per heavy atom. The van der Waals surface area contributed by atoms with E-state index in [1.54, 1.807) is 30.5 Å². The van der Waals surface area contributed by atoms with Crippen LogP contribution in [0.1, 0.15) is 16.7 Å². The maximum atomic E-state index is 13.6. The molecule has 2 N–H and O–H groups in total. The zero-order valence-electron chi connectivity index (χ0n) is 15.2. The Balaban J connectivity index is 1.49. The van der Waals surface area contributed by atoms with Gasteiger partial charge in [0.1, 0.15) is 11.6 Å². The largest absolute Gasteiger partial charge is 0.370 e. The van der Waals surface area contributed by atoms with Gasteiger partial charge in [-0.05, 0) is 48.2 Å². The van der Waals surface area contributed by atoms with E-state index in [0.29, 0.717) is 36.5 Å². The van der Waals surface area contributed by atoms with Crippen LogP contribution in [-0.4, -0.2) is 17.4 Å². The lowest BCUT2D eigenvalue weighted by molar-refractivity contribution is -0.115. The van der Waals surface area contributed by atoms with Crippen molar-refractivity contribution in [3.63, 3.8) is 0 Å². The quantitative estimate of drug-likeness (QED) is 0.656. The van der Waals surface area contributed by atoms with Gasteiger partial charge < -0.3 is 10.6 Å². The van der Waals surface area contributed by atoms with Gasteiger partial charge in [-0.25, -0.2) is 9.37 Å². The number of rotatable bonds is 7. The zero-order chi connectivity index (χ0) is 19.1. The number of nitrogens with one attached hydrogen (secondary N) is 2. The molecule has 0 aliphatic rings. The maximum absolute atomic E-state index is 13.6. The molecule has 0 unspecified atom stereocenters. The van der Waals surface area contributed by atoms with Crippen molar-refractivity contribution < 1.29 is 9.18 Å². The van der Waals surface area contributed by atoms with E-state index in [4.69, 9.17) is 0 Å².